The average molecular weight is 397 g/mol. The van der Waals surface area contributed by atoms with Crippen LogP contribution in [0.1, 0.15) is 33.1 Å². The van der Waals surface area contributed by atoms with Crippen molar-refractivity contribution >= 4 is 5.97 Å². The molecule has 0 aliphatic rings. The molecule has 0 heterocycles. The summed E-state index contributed by atoms with van der Waals surface area (Å²) >= 11 is 0. The summed E-state index contributed by atoms with van der Waals surface area (Å²) < 4.78 is 33.9. The van der Waals surface area contributed by atoms with Gasteiger partial charge in [0.25, 0.3) is 0 Å². The summed E-state index contributed by atoms with van der Waals surface area (Å²) in [7, 11) is 1.35. The van der Waals surface area contributed by atoms with Gasteiger partial charge in [0.1, 0.15) is 5.75 Å². The third kappa shape index (κ3) is 5.62. The Kier molecular flexibility index (Phi) is 6.92. The first-order valence-electron chi connectivity index (χ1n) is 9.07. The molecule has 0 fully saturated rings. The molecule has 150 valence electrons. The lowest BCUT2D eigenvalue weighted by atomic mass is 9.98. The van der Waals surface area contributed by atoms with Crippen molar-refractivity contribution in [2.75, 3.05) is 7.11 Å². The van der Waals surface area contributed by atoms with Crippen LogP contribution < -0.4 is 10.1 Å². The number of alkyl halides is 2. The van der Waals surface area contributed by atoms with Gasteiger partial charge in [0.05, 0.1) is 18.7 Å². The molecule has 1 unspecified atom stereocenters. The molecule has 0 amide bonds. The van der Waals surface area contributed by atoms with Gasteiger partial charge in [0.15, 0.2) is 0 Å². The molecule has 3 aromatic rings. The number of hydrogen-bond acceptors (Lipinski definition) is 4. The molecule has 0 aromatic heterocycles. The summed E-state index contributed by atoms with van der Waals surface area (Å²) in [4.78, 5) is 11.6. The van der Waals surface area contributed by atoms with E-state index in [-0.39, 0.29) is 17.8 Å². The first-order chi connectivity index (χ1) is 14.1. The second kappa shape index (κ2) is 9.80. The van der Waals surface area contributed by atoms with Gasteiger partial charge in [0.2, 0.25) is 0 Å². The predicted molar refractivity (Wildman–Crippen MR) is 106 cm³/mol. The predicted octanol–water partition coefficient (Wildman–Crippen LogP) is 4.95. The van der Waals surface area contributed by atoms with Gasteiger partial charge in [0, 0.05) is 6.54 Å². The number of carbonyl (C=O) groups is 1. The number of benzene rings is 3. The van der Waals surface area contributed by atoms with Gasteiger partial charge in [-0.15, -0.1) is 0 Å². The number of methoxy groups -OCH3 is 1. The van der Waals surface area contributed by atoms with Crippen LogP contribution in [0, 0.1) is 0 Å². The molecule has 3 aromatic carbocycles. The van der Waals surface area contributed by atoms with Crippen LogP contribution in [0.15, 0.2) is 78.9 Å². The van der Waals surface area contributed by atoms with E-state index in [1.807, 2.05) is 42.5 Å². The van der Waals surface area contributed by atoms with Crippen LogP contribution >= 0.6 is 0 Å². The number of carbonyl (C=O) groups excluding carboxylic acids is 1. The van der Waals surface area contributed by atoms with E-state index in [0.29, 0.717) is 12.1 Å². The van der Waals surface area contributed by atoms with Crippen molar-refractivity contribution in [1.29, 1.82) is 0 Å². The fourth-order valence-electron chi connectivity index (χ4n) is 3.01. The van der Waals surface area contributed by atoms with Gasteiger partial charge in [-0.25, -0.2) is 4.79 Å². The zero-order valence-corrected chi connectivity index (χ0v) is 15.8. The molecule has 0 aliphatic heterocycles. The summed E-state index contributed by atoms with van der Waals surface area (Å²) in [5.74, 6) is -0.258. The van der Waals surface area contributed by atoms with Gasteiger partial charge >= 0.3 is 12.6 Å². The molecule has 0 saturated carbocycles. The van der Waals surface area contributed by atoms with Crippen molar-refractivity contribution in [3.8, 4) is 5.75 Å². The highest BCUT2D eigenvalue weighted by Gasteiger charge is 2.14. The number of hydrogen-bond donors (Lipinski definition) is 1. The molecule has 0 aliphatic carbocycles. The van der Waals surface area contributed by atoms with Crippen molar-refractivity contribution in [2.45, 2.75) is 19.2 Å². The maximum Gasteiger partial charge on any atom is 0.387 e. The van der Waals surface area contributed by atoms with Crippen LogP contribution in [-0.2, 0) is 11.3 Å². The second-order valence-electron chi connectivity index (χ2n) is 6.36. The van der Waals surface area contributed by atoms with Gasteiger partial charge in [-0.05, 0) is 41.0 Å². The van der Waals surface area contributed by atoms with Crippen LogP contribution in [0.25, 0.3) is 0 Å². The van der Waals surface area contributed by atoms with Gasteiger partial charge in [-0.1, -0.05) is 54.6 Å². The van der Waals surface area contributed by atoms with Crippen LogP contribution in [0.2, 0.25) is 0 Å². The molecule has 3 rings (SSSR count). The maximum atomic E-state index is 12.4. The van der Waals surface area contributed by atoms with E-state index in [4.69, 9.17) is 4.74 Å². The quantitative estimate of drug-likeness (QED) is 0.546. The van der Waals surface area contributed by atoms with Crippen molar-refractivity contribution in [3.05, 3.63) is 101 Å². The molecule has 1 atom stereocenters. The first-order valence-corrected chi connectivity index (χ1v) is 9.07. The van der Waals surface area contributed by atoms with Crippen LogP contribution in [0.5, 0.6) is 5.75 Å². The fraction of sp³-hybridized carbons (Fsp3) is 0.174. The van der Waals surface area contributed by atoms with Crippen LogP contribution in [-0.4, -0.2) is 19.7 Å². The van der Waals surface area contributed by atoms with Crippen LogP contribution in [0.4, 0.5) is 8.78 Å². The zero-order valence-electron chi connectivity index (χ0n) is 15.8. The highest BCUT2D eigenvalue weighted by atomic mass is 19.3. The van der Waals surface area contributed by atoms with E-state index >= 15 is 0 Å². The molecule has 0 saturated heterocycles. The Morgan fingerprint density at radius 1 is 0.897 bits per heavy atom. The van der Waals surface area contributed by atoms with Crippen molar-refractivity contribution in [2.24, 2.45) is 0 Å². The van der Waals surface area contributed by atoms with Crippen molar-refractivity contribution < 1.29 is 23.0 Å². The van der Waals surface area contributed by atoms with Crippen molar-refractivity contribution in [1.82, 2.24) is 5.32 Å². The molecule has 0 radical (unpaired) electrons. The largest absolute Gasteiger partial charge is 0.465 e. The van der Waals surface area contributed by atoms with E-state index in [9.17, 15) is 13.6 Å². The Bertz CT molecular complexity index is 913. The lowest BCUT2D eigenvalue weighted by molar-refractivity contribution is -0.0498. The van der Waals surface area contributed by atoms with E-state index in [1.54, 1.807) is 24.3 Å². The smallest absolute Gasteiger partial charge is 0.387 e. The van der Waals surface area contributed by atoms with Gasteiger partial charge < -0.3 is 14.8 Å². The van der Waals surface area contributed by atoms with Gasteiger partial charge in [-0.2, -0.15) is 8.78 Å². The molecule has 29 heavy (non-hydrogen) atoms. The topological polar surface area (TPSA) is 47.6 Å². The third-order valence-corrected chi connectivity index (χ3v) is 4.46. The van der Waals surface area contributed by atoms with Crippen molar-refractivity contribution in [3.63, 3.8) is 0 Å². The fourth-order valence-corrected chi connectivity index (χ4v) is 3.01. The first kappa shape index (κ1) is 20.5. The highest BCUT2D eigenvalue weighted by Crippen LogP contribution is 2.25. The minimum Gasteiger partial charge on any atom is -0.465 e. The number of ether oxygens (including phenoxy) is 2. The molecular weight excluding hydrogens is 376 g/mol. The molecule has 0 spiro atoms. The summed E-state index contributed by atoms with van der Waals surface area (Å²) in [5.41, 5.74) is 3.45. The number of nitrogens with one attached hydrogen (secondary N) is 1. The Morgan fingerprint density at radius 2 is 1.52 bits per heavy atom. The number of esters is 1. The Labute approximate surface area is 168 Å². The Balaban J connectivity index is 1.77. The standard InChI is InChI=1S/C23H21F2NO3/c1-28-22(27)19-9-7-16(8-10-19)15-26-21(17-5-3-2-4-6-17)18-11-13-20(14-12-18)29-23(24)25/h2-14,21,23,26H,15H2,1H3. The second-order valence-corrected chi connectivity index (χ2v) is 6.36. The zero-order chi connectivity index (χ0) is 20.6. The average Bonchev–Trinajstić information content (AvgIpc) is 2.75. The molecule has 0 bridgehead atoms. The van der Waals surface area contributed by atoms with Crippen LogP contribution in [0.3, 0.4) is 0 Å². The molecule has 4 nitrogen and oxygen atoms in total. The molecular formula is C23H21F2NO3. The SMILES string of the molecule is COC(=O)c1ccc(CNC(c2ccccc2)c2ccc(OC(F)F)cc2)cc1. The lowest BCUT2D eigenvalue weighted by Crippen LogP contribution is -2.22. The van der Waals surface area contributed by atoms with Gasteiger partial charge in [-0.3, -0.25) is 0 Å². The normalized spacial score (nSPS) is 11.9. The third-order valence-electron chi connectivity index (χ3n) is 4.46. The number of rotatable bonds is 8. The maximum absolute atomic E-state index is 12.4. The number of halogens is 2. The monoisotopic (exact) mass is 397 g/mol. The lowest BCUT2D eigenvalue weighted by Gasteiger charge is -2.20. The minimum atomic E-state index is -2.85. The van der Waals surface area contributed by atoms with E-state index in [2.05, 4.69) is 10.1 Å². The Morgan fingerprint density at radius 3 is 2.10 bits per heavy atom. The Hall–Kier alpha value is -3.25. The van der Waals surface area contributed by atoms with E-state index < -0.39 is 6.61 Å². The molecule has 6 heteroatoms. The van der Waals surface area contributed by atoms with E-state index in [1.165, 1.54) is 19.2 Å². The highest BCUT2D eigenvalue weighted by molar-refractivity contribution is 5.89. The summed E-state index contributed by atoms with van der Waals surface area (Å²) in [5, 5.41) is 3.49. The summed E-state index contributed by atoms with van der Waals surface area (Å²) in [6, 6.07) is 23.5. The molecule has 1 N–H and O–H groups in total. The summed E-state index contributed by atoms with van der Waals surface area (Å²) in [6.07, 6.45) is 0. The summed E-state index contributed by atoms with van der Waals surface area (Å²) in [6.45, 7) is -2.30. The van der Waals surface area contributed by atoms with E-state index in [0.717, 1.165) is 16.7 Å². The minimum absolute atomic E-state index is 0.119.